The molecule has 18 heteroatoms. The van der Waals surface area contributed by atoms with E-state index in [0.717, 1.165) is 107 Å². The predicted molar refractivity (Wildman–Crippen MR) is 229 cm³/mol. The molecule has 18 nitrogen and oxygen atoms in total. The van der Waals surface area contributed by atoms with Crippen molar-refractivity contribution in [3.63, 3.8) is 0 Å². The van der Waals surface area contributed by atoms with Gasteiger partial charge in [0.05, 0.1) is 23.4 Å². The summed E-state index contributed by atoms with van der Waals surface area (Å²) < 4.78 is 0. The minimum absolute atomic E-state index is 0. The number of rotatable bonds is 10. The number of anilines is 5. The number of carbonyl (C=O) groups is 6. The predicted octanol–water partition coefficient (Wildman–Crippen LogP) is 2.34. The van der Waals surface area contributed by atoms with E-state index < -0.39 is 35.6 Å². The average Bonchev–Trinajstić information content (AvgIpc) is 3.73. The summed E-state index contributed by atoms with van der Waals surface area (Å²) >= 11 is 0. The fourth-order valence-electron chi connectivity index (χ4n) is 9.77. The third kappa shape index (κ3) is 8.03. The quantitative estimate of drug-likeness (QED) is 0.252. The van der Waals surface area contributed by atoms with Crippen molar-refractivity contribution in [1.29, 1.82) is 0 Å². The summed E-state index contributed by atoms with van der Waals surface area (Å²) in [5, 5.41) is 5.54. The molecule has 2 aromatic carbocycles. The van der Waals surface area contributed by atoms with Crippen molar-refractivity contribution in [3.05, 3.63) is 65.5 Å². The van der Waals surface area contributed by atoms with Gasteiger partial charge in [-0.1, -0.05) is 0 Å². The average molecular weight is 835 g/mol. The van der Waals surface area contributed by atoms with Crippen molar-refractivity contribution in [3.8, 4) is 0 Å². The molecular formula is C43H54N12O6. The number of carbonyl (C=O) groups excluding carboxylic acids is 6. The van der Waals surface area contributed by atoms with Crippen LogP contribution in [0.1, 0.15) is 71.2 Å². The zero-order valence-corrected chi connectivity index (χ0v) is 34.4. The number of benzene rings is 2. The van der Waals surface area contributed by atoms with Crippen LogP contribution in [0.25, 0.3) is 0 Å². The number of urea groups is 1. The number of imide groups is 2. The molecule has 0 radical (unpaired) electrons. The molecule has 0 aliphatic carbocycles. The Balaban J connectivity index is 0.00000529. The SMILES string of the molecule is CN1CCN([C@@H]2CCCN(c3cnc(C(N)=O)c(Nc4ccc(N5CCN(C[C@H]6CCCN(c7ccc8c(c7)C(=O)N(C7CCC(=O)NC7=O)C8=O)C6)CC5)cc4)n3)C2)C1=O.[HH]. The molecule has 5 fully saturated rings. The van der Waals surface area contributed by atoms with Gasteiger partial charge in [-0.15, -0.1) is 0 Å². The van der Waals surface area contributed by atoms with Crippen LogP contribution in [0.15, 0.2) is 48.7 Å². The summed E-state index contributed by atoms with van der Waals surface area (Å²) in [6.45, 7) is 9.12. The van der Waals surface area contributed by atoms with E-state index in [1.165, 1.54) is 0 Å². The summed E-state index contributed by atoms with van der Waals surface area (Å²) in [4.78, 5) is 99.1. The van der Waals surface area contributed by atoms with E-state index in [0.29, 0.717) is 41.8 Å². The third-order valence-corrected chi connectivity index (χ3v) is 13.1. The van der Waals surface area contributed by atoms with Gasteiger partial charge in [0.1, 0.15) is 11.9 Å². The van der Waals surface area contributed by atoms with Crippen LogP contribution in [0.2, 0.25) is 0 Å². The molecule has 3 atom stereocenters. The number of primary amides is 1. The van der Waals surface area contributed by atoms with E-state index >= 15 is 0 Å². The maximum atomic E-state index is 13.4. The molecule has 0 saturated carbocycles. The smallest absolute Gasteiger partial charge is 0.320 e. The van der Waals surface area contributed by atoms with Crippen molar-refractivity contribution in [2.75, 3.05) is 99.1 Å². The molecule has 0 bridgehead atoms. The second kappa shape index (κ2) is 16.6. The fourth-order valence-corrected chi connectivity index (χ4v) is 9.77. The topological polar surface area (TPSA) is 201 Å². The normalized spacial score (nSPS) is 23.8. The number of likely N-dealkylation sites (N-methyl/N-ethyl adjacent to an activating group) is 1. The number of fused-ring (bicyclic) bond motifs is 1. The maximum absolute atomic E-state index is 13.4. The number of nitrogens with one attached hydrogen (secondary N) is 2. The monoisotopic (exact) mass is 834 g/mol. The molecular weight excluding hydrogens is 781 g/mol. The number of aromatic nitrogens is 2. The van der Waals surface area contributed by atoms with Crippen molar-refractivity contribution >= 4 is 64.3 Å². The van der Waals surface area contributed by atoms with Gasteiger partial charge < -0.3 is 35.6 Å². The van der Waals surface area contributed by atoms with Crippen LogP contribution in [0, 0.1) is 5.92 Å². The molecule has 3 aromatic rings. The Kier molecular flexibility index (Phi) is 10.9. The maximum Gasteiger partial charge on any atom is 0.320 e. The molecule has 5 saturated heterocycles. The van der Waals surface area contributed by atoms with Crippen LogP contribution in [0.5, 0.6) is 0 Å². The minimum Gasteiger partial charge on any atom is -0.371 e. The highest BCUT2D eigenvalue weighted by Gasteiger charge is 2.45. The number of piperidine rings is 3. The van der Waals surface area contributed by atoms with Crippen LogP contribution in [0.4, 0.5) is 33.5 Å². The minimum atomic E-state index is -0.982. The fraction of sp³-hybridized carbons (Fsp3) is 0.488. The van der Waals surface area contributed by atoms with E-state index in [1.807, 2.05) is 30.1 Å². The Hall–Kier alpha value is -6.30. The highest BCUT2D eigenvalue weighted by atomic mass is 16.2. The lowest BCUT2D eigenvalue weighted by atomic mass is 9.96. The van der Waals surface area contributed by atoms with Gasteiger partial charge in [-0.3, -0.25) is 39.1 Å². The molecule has 7 amide bonds. The molecule has 9 rings (SSSR count). The number of piperazine rings is 1. The van der Waals surface area contributed by atoms with Crippen LogP contribution in [-0.4, -0.2) is 156 Å². The standard InChI is InChI=1S/C43H52N12O6.H2/c1-49-16-21-54(43(49)61)31-5-3-15-53(26-31)35-23-45-37(38(44)57)39(47-35)46-28-6-8-29(9-7-28)51-19-17-50(18-20-51)24-27-4-2-14-52(25-27)30-10-11-32-33(22-30)42(60)55(41(32)59)34-12-13-36(56)48-40(34)58;/h6-11,22-23,27,31,34H,2-5,12-21,24-26H2,1H3,(H2,44,57)(H,46,47)(H,48,56,58);1H/t27-,31-,34?;/m1./s1. The Bertz CT molecular complexity index is 2250. The van der Waals surface area contributed by atoms with Crippen LogP contribution in [-0.2, 0) is 9.59 Å². The molecule has 61 heavy (non-hydrogen) atoms. The summed E-state index contributed by atoms with van der Waals surface area (Å²) in [5.41, 5.74) is 9.13. The summed E-state index contributed by atoms with van der Waals surface area (Å²) in [6, 6.07) is 12.6. The summed E-state index contributed by atoms with van der Waals surface area (Å²) in [5.74, 6) is -1.29. The van der Waals surface area contributed by atoms with Gasteiger partial charge in [0.2, 0.25) is 11.8 Å². The van der Waals surface area contributed by atoms with Gasteiger partial charge in [-0.2, -0.15) is 0 Å². The molecule has 0 spiro atoms. The van der Waals surface area contributed by atoms with E-state index in [9.17, 15) is 28.8 Å². The Morgan fingerprint density at radius 2 is 1.56 bits per heavy atom. The lowest BCUT2D eigenvalue weighted by Crippen LogP contribution is -2.54. The molecule has 7 heterocycles. The van der Waals surface area contributed by atoms with Crippen LogP contribution < -0.4 is 31.1 Å². The number of hydrogen-bond acceptors (Lipinski definition) is 13. The summed E-state index contributed by atoms with van der Waals surface area (Å²) in [7, 11) is 1.83. The van der Waals surface area contributed by atoms with Crippen LogP contribution >= 0.6 is 0 Å². The van der Waals surface area contributed by atoms with E-state index in [-0.39, 0.29) is 32.0 Å². The highest BCUT2D eigenvalue weighted by Crippen LogP contribution is 2.33. The first-order valence-corrected chi connectivity index (χ1v) is 21.4. The van der Waals surface area contributed by atoms with Crippen molar-refractivity contribution in [1.82, 2.24) is 34.9 Å². The number of nitrogens with two attached hydrogens (primary N) is 1. The van der Waals surface area contributed by atoms with Crippen LogP contribution in [0.3, 0.4) is 0 Å². The first-order chi connectivity index (χ1) is 29.5. The van der Waals surface area contributed by atoms with Gasteiger partial charge in [0.25, 0.3) is 17.7 Å². The molecule has 322 valence electrons. The molecule has 1 aromatic heterocycles. The zero-order chi connectivity index (χ0) is 42.4. The second-order valence-electron chi connectivity index (χ2n) is 17.0. The number of nitrogens with zero attached hydrogens (tertiary/aromatic N) is 9. The van der Waals surface area contributed by atoms with Gasteiger partial charge in [-0.05, 0) is 80.5 Å². The molecule has 1 unspecified atom stereocenters. The van der Waals surface area contributed by atoms with Gasteiger partial charge in [-0.25, -0.2) is 14.8 Å². The van der Waals surface area contributed by atoms with E-state index in [4.69, 9.17) is 10.7 Å². The van der Waals surface area contributed by atoms with Gasteiger partial charge in [0.15, 0.2) is 11.5 Å². The number of amides is 7. The lowest BCUT2D eigenvalue weighted by molar-refractivity contribution is -0.136. The first kappa shape index (κ1) is 40.1. The number of hydrogen-bond donors (Lipinski definition) is 3. The molecule has 6 aliphatic heterocycles. The Morgan fingerprint density at radius 3 is 2.30 bits per heavy atom. The van der Waals surface area contributed by atoms with Gasteiger partial charge >= 0.3 is 6.03 Å². The van der Waals surface area contributed by atoms with Gasteiger partial charge in [0, 0.05) is 104 Å². The van der Waals surface area contributed by atoms with E-state index in [2.05, 4.69) is 47.3 Å². The lowest BCUT2D eigenvalue weighted by Gasteiger charge is -2.40. The molecule has 6 aliphatic rings. The van der Waals surface area contributed by atoms with Crippen molar-refractivity contribution < 1.29 is 30.2 Å². The Morgan fingerprint density at radius 1 is 0.820 bits per heavy atom. The Labute approximate surface area is 355 Å². The summed E-state index contributed by atoms with van der Waals surface area (Å²) in [6.07, 6.45) is 5.77. The first-order valence-electron chi connectivity index (χ1n) is 21.4. The zero-order valence-electron chi connectivity index (χ0n) is 34.4. The van der Waals surface area contributed by atoms with Crippen molar-refractivity contribution in [2.24, 2.45) is 11.7 Å². The van der Waals surface area contributed by atoms with E-state index in [1.54, 1.807) is 23.2 Å². The third-order valence-electron chi connectivity index (χ3n) is 13.1. The largest absolute Gasteiger partial charge is 0.371 e. The highest BCUT2D eigenvalue weighted by molar-refractivity contribution is 6.23. The van der Waals surface area contributed by atoms with Crippen molar-refractivity contribution in [2.45, 2.75) is 50.6 Å². The second-order valence-corrected chi connectivity index (χ2v) is 17.0. The molecule has 4 N–H and O–H groups in total.